The van der Waals surface area contributed by atoms with Gasteiger partial charge in [-0.1, -0.05) is 17.4 Å². The summed E-state index contributed by atoms with van der Waals surface area (Å²) in [6.07, 6.45) is 0. The molecule has 0 fully saturated rings. The van der Waals surface area contributed by atoms with Gasteiger partial charge in [-0.2, -0.15) is 4.99 Å². The number of ether oxygens (including phenoxy) is 1. The molecule has 3 aromatic rings. The number of sulfonamides is 1. The third-order valence-electron chi connectivity index (χ3n) is 4.50. The van der Waals surface area contributed by atoms with Gasteiger partial charge in [-0.05, 0) is 38.1 Å². The van der Waals surface area contributed by atoms with Crippen LogP contribution in [0.3, 0.4) is 0 Å². The monoisotopic (exact) mass is 478 g/mol. The first kappa shape index (κ1) is 23.2. The highest BCUT2D eigenvalue weighted by molar-refractivity contribution is 7.89. The summed E-state index contributed by atoms with van der Waals surface area (Å²) in [6, 6.07) is 8.12. The van der Waals surface area contributed by atoms with Gasteiger partial charge >= 0.3 is 5.97 Å². The standard InChI is InChI=1S/C19H18N4O7S2/c1-3-30-17(24)10-22-15-8-7-12(32(20,28)29)9-16(15)31-19(22)21-18(25)13-5-4-6-14(11(13)2)23(26)27/h4-9H,3,10H2,1-2H3,(H2,20,28,29). The van der Waals surface area contributed by atoms with Gasteiger partial charge in [0.1, 0.15) is 6.54 Å². The predicted octanol–water partition coefficient (Wildman–Crippen LogP) is 1.87. The van der Waals surface area contributed by atoms with Crippen LogP contribution < -0.4 is 9.94 Å². The van der Waals surface area contributed by atoms with E-state index >= 15 is 0 Å². The number of nitrogens with two attached hydrogens (primary N) is 1. The van der Waals surface area contributed by atoms with Crippen molar-refractivity contribution in [3.05, 3.63) is 62.4 Å². The predicted molar refractivity (Wildman–Crippen MR) is 116 cm³/mol. The molecule has 11 nitrogen and oxygen atoms in total. The number of nitro groups is 1. The van der Waals surface area contributed by atoms with E-state index < -0.39 is 26.8 Å². The zero-order valence-corrected chi connectivity index (χ0v) is 18.6. The van der Waals surface area contributed by atoms with Crippen LogP contribution in [0.15, 0.2) is 46.3 Å². The summed E-state index contributed by atoms with van der Waals surface area (Å²) in [7, 11) is -3.97. The van der Waals surface area contributed by atoms with Crippen molar-refractivity contribution in [2.24, 2.45) is 10.1 Å². The molecule has 0 unspecified atom stereocenters. The quantitative estimate of drug-likeness (QED) is 0.321. The number of aromatic nitrogens is 1. The molecule has 0 aliphatic carbocycles. The Kier molecular flexibility index (Phi) is 6.52. The average molecular weight is 479 g/mol. The van der Waals surface area contributed by atoms with Gasteiger partial charge in [0.15, 0.2) is 4.80 Å². The third kappa shape index (κ3) is 4.74. The Morgan fingerprint density at radius 3 is 2.62 bits per heavy atom. The van der Waals surface area contributed by atoms with Crippen molar-refractivity contribution in [3.63, 3.8) is 0 Å². The first-order chi connectivity index (χ1) is 15.0. The maximum atomic E-state index is 12.8. The van der Waals surface area contributed by atoms with E-state index in [1.807, 2.05) is 0 Å². The number of thiazole rings is 1. The van der Waals surface area contributed by atoms with Crippen molar-refractivity contribution in [2.75, 3.05) is 6.61 Å². The van der Waals surface area contributed by atoms with Crippen molar-refractivity contribution in [1.29, 1.82) is 0 Å². The normalized spacial score (nSPS) is 12.2. The van der Waals surface area contributed by atoms with Gasteiger partial charge in [-0.15, -0.1) is 0 Å². The van der Waals surface area contributed by atoms with Crippen LogP contribution in [0.4, 0.5) is 5.69 Å². The van der Waals surface area contributed by atoms with Gasteiger partial charge in [-0.3, -0.25) is 19.7 Å². The van der Waals surface area contributed by atoms with Gasteiger partial charge in [-0.25, -0.2) is 13.6 Å². The zero-order valence-electron chi connectivity index (χ0n) is 17.0. The lowest BCUT2D eigenvalue weighted by molar-refractivity contribution is -0.385. The average Bonchev–Trinajstić information content (AvgIpc) is 3.03. The van der Waals surface area contributed by atoms with E-state index in [2.05, 4.69) is 4.99 Å². The topological polar surface area (TPSA) is 164 Å². The molecule has 32 heavy (non-hydrogen) atoms. The molecule has 0 aliphatic rings. The molecule has 0 saturated carbocycles. The molecule has 1 aromatic heterocycles. The number of fused-ring (bicyclic) bond motifs is 1. The van der Waals surface area contributed by atoms with E-state index in [-0.39, 0.29) is 39.7 Å². The number of nitrogens with zero attached hydrogens (tertiary/aromatic N) is 3. The fourth-order valence-electron chi connectivity index (χ4n) is 3.00. The molecule has 0 spiro atoms. The van der Waals surface area contributed by atoms with Crippen LogP contribution in [0, 0.1) is 17.0 Å². The Labute approximate surface area is 186 Å². The lowest BCUT2D eigenvalue weighted by Gasteiger charge is -2.06. The molecule has 0 atom stereocenters. The minimum Gasteiger partial charge on any atom is -0.465 e. The third-order valence-corrected chi connectivity index (χ3v) is 6.46. The van der Waals surface area contributed by atoms with E-state index in [4.69, 9.17) is 9.88 Å². The lowest BCUT2D eigenvalue weighted by Crippen LogP contribution is -2.23. The molecular formula is C19H18N4O7S2. The first-order valence-corrected chi connectivity index (χ1v) is 11.5. The molecule has 0 aliphatic heterocycles. The second kappa shape index (κ2) is 8.98. The molecule has 3 rings (SSSR count). The van der Waals surface area contributed by atoms with Gasteiger partial charge < -0.3 is 9.30 Å². The molecule has 1 amide bonds. The summed E-state index contributed by atoms with van der Waals surface area (Å²) >= 11 is 0.967. The highest BCUT2D eigenvalue weighted by Crippen LogP contribution is 2.23. The molecule has 168 valence electrons. The van der Waals surface area contributed by atoms with Gasteiger partial charge in [0, 0.05) is 11.6 Å². The summed E-state index contributed by atoms with van der Waals surface area (Å²) in [5, 5.41) is 16.4. The Hall–Kier alpha value is -3.42. The smallest absolute Gasteiger partial charge is 0.326 e. The summed E-state index contributed by atoms with van der Waals surface area (Å²) < 4.78 is 30.2. The number of rotatable bonds is 6. The second-order valence-electron chi connectivity index (χ2n) is 6.57. The SMILES string of the molecule is CCOC(=O)Cn1c(=NC(=O)c2cccc([N+](=O)[O-])c2C)sc2cc(S(N)(=O)=O)ccc21. The Balaban J connectivity index is 2.20. The van der Waals surface area contributed by atoms with Crippen LogP contribution in [-0.2, 0) is 26.1 Å². The number of carbonyl (C=O) groups excluding carboxylic acids is 2. The fraction of sp³-hybridized carbons (Fsp3) is 0.211. The number of benzene rings is 2. The molecule has 0 radical (unpaired) electrons. The molecule has 0 saturated heterocycles. The van der Waals surface area contributed by atoms with Crippen molar-refractivity contribution in [2.45, 2.75) is 25.3 Å². The molecule has 2 aromatic carbocycles. The summed E-state index contributed by atoms with van der Waals surface area (Å²) in [5.74, 6) is -1.33. The van der Waals surface area contributed by atoms with E-state index in [1.165, 1.54) is 47.9 Å². The highest BCUT2D eigenvalue weighted by atomic mass is 32.2. The molecule has 0 bridgehead atoms. The van der Waals surface area contributed by atoms with Crippen molar-refractivity contribution < 1.29 is 27.7 Å². The Bertz CT molecular complexity index is 1420. The molecule has 13 heteroatoms. The Morgan fingerprint density at radius 1 is 1.28 bits per heavy atom. The van der Waals surface area contributed by atoms with E-state index in [0.29, 0.717) is 10.2 Å². The Morgan fingerprint density at radius 2 is 2.00 bits per heavy atom. The van der Waals surface area contributed by atoms with Crippen LogP contribution >= 0.6 is 11.3 Å². The van der Waals surface area contributed by atoms with Crippen LogP contribution in [0.5, 0.6) is 0 Å². The minimum atomic E-state index is -3.97. The second-order valence-corrected chi connectivity index (χ2v) is 9.14. The number of nitro benzene ring substituents is 1. The molecule has 1 heterocycles. The van der Waals surface area contributed by atoms with Crippen molar-refractivity contribution >= 4 is 49.1 Å². The zero-order chi connectivity index (χ0) is 23.6. The number of carbonyl (C=O) groups is 2. The summed E-state index contributed by atoms with van der Waals surface area (Å²) in [5.41, 5.74) is 0.405. The van der Waals surface area contributed by atoms with Gasteiger partial charge in [0.2, 0.25) is 10.0 Å². The molecular weight excluding hydrogens is 460 g/mol. The van der Waals surface area contributed by atoms with E-state index in [9.17, 15) is 28.1 Å². The fourth-order valence-corrected chi connectivity index (χ4v) is 4.69. The number of hydrogen-bond donors (Lipinski definition) is 1. The number of esters is 1. The van der Waals surface area contributed by atoms with Crippen LogP contribution in [0.2, 0.25) is 0 Å². The maximum absolute atomic E-state index is 12.8. The highest BCUT2D eigenvalue weighted by Gasteiger charge is 2.19. The van der Waals surface area contributed by atoms with E-state index in [0.717, 1.165) is 11.3 Å². The van der Waals surface area contributed by atoms with Crippen molar-refractivity contribution in [3.8, 4) is 0 Å². The number of hydrogen-bond acceptors (Lipinski definition) is 8. The maximum Gasteiger partial charge on any atom is 0.326 e. The van der Waals surface area contributed by atoms with Crippen LogP contribution in [0.25, 0.3) is 10.2 Å². The first-order valence-electron chi connectivity index (χ1n) is 9.17. The molecule has 2 N–H and O–H groups in total. The summed E-state index contributed by atoms with van der Waals surface area (Å²) in [4.78, 5) is 39.6. The van der Waals surface area contributed by atoms with Gasteiger partial charge in [0.25, 0.3) is 11.6 Å². The van der Waals surface area contributed by atoms with Crippen LogP contribution in [0.1, 0.15) is 22.8 Å². The largest absolute Gasteiger partial charge is 0.465 e. The number of amides is 1. The van der Waals surface area contributed by atoms with E-state index in [1.54, 1.807) is 6.92 Å². The van der Waals surface area contributed by atoms with Gasteiger partial charge in [0.05, 0.1) is 32.2 Å². The summed E-state index contributed by atoms with van der Waals surface area (Å²) in [6.45, 7) is 2.96. The minimum absolute atomic E-state index is 0.0320. The number of primary sulfonamides is 1. The lowest BCUT2D eigenvalue weighted by atomic mass is 10.1. The van der Waals surface area contributed by atoms with Crippen LogP contribution in [-0.4, -0.2) is 36.4 Å². The van der Waals surface area contributed by atoms with Crippen molar-refractivity contribution in [1.82, 2.24) is 4.57 Å².